The summed E-state index contributed by atoms with van der Waals surface area (Å²) in [7, 11) is 0. The van der Waals surface area contributed by atoms with Crippen LogP contribution in [0.25, 0.3) is 0 Å². The summed E-state index contributed by atoms with van der Waals surface area (Å²) < 4.78 is 0. The van der Waals surface area contributed by atoms with Crippen molar-refractivity contribution in [3.63, 3.8) is 0 Å². The van der Waals surface area contributed by atoms with Gasteiger partial charge < -0.3 is 5.73 Å². The molecule has 1 saturated heterocycles. The molecular formula is C13H18N4S. The van der Waals surface area contributed by atoms with Crippen molar-refractivity contribution in [3.05, 3.63) is 35.9 Å². The van der Waals surface area contributed by atoms with E-state index in [1.54, 1.807) is 0 Å². The first-order valence-corrected chi connectivity index (χ1v) is 6.52. The highest BCUT2D eigenvalue weighted by atomic mass is 32.1. The van der Waals surface area contributed by atoms with Crippen molar-refractivity contribution in [2.24, 2.45) is 10.8 Å². The molecule has 0 radical (unpaired) electrons. The summed E-state index contributed by atoms with van der Waals surface area (Å²) in [4.78, 5) is 2.39. The lowest BCUT2D eigenvalue weighted by atomic mass is 10.1. The Kier molecular flexibility index (Phi) is 4.66. The highest BCUT2D eigenvalue weighted by Gasteiger charge is 2.15. The maximum atomic E-state index is 5.37. The Morgan fingerprint density at radius 3 is 2.89 bits per heavy atom. The SMILES string of the molecule is NC(=S)NN=C1CCCN(Cc2ccccc2)C1. The molecule has 3 N–H and O–H groups in total. The Balaban J connectivity index is 1.91. The third-order valence-corrected chi connectivity index (χ3v) is 3.01. The summed E-state index contributed by atoms with van der Waals surface area (Å²) in [6.45, 7) is 2.96. The number of piperidine rings is 1. The molecule has 0 bridgehead atoms. The zero-order valence-corrected chi connectivity index (χ0v) is 11.1. The minimum Gasteiger partial charge on any atom is -0.375 e. The van der Waals surface area contributed by atoms with Crippen LogP contribution in [0.5, 0.6) is 0 Å². The molecule has 1 aliphatic rings. The minimum atomic E-state index is 0.225. The molecule has 4 nitrogen and oxygen atoms in total. The normalized spacial score (nSPS) is 18.8. The van der Waals surface area contributed by atoms with E-state index in [2.05, 4.69) is 39.7 Å². The van der Waals surface area contributed by atoms with Crippen LogP contribution in [0.15, 0.2) is 35.4 Å². The molecule has 1 heterocycles. The molecule has 0 atom stereocenters. The van der Waals surface area contributed by atoms with Crippen molar-refractivity contribution in [3.8, 4) is 0 Å². The van der Waals surface area contributed by atoms with Gasteiger partial charge in [-0.15, -0.1) is 0 Å². The van der Waals surface area contributed by atoms with Crippen LogP contribution in [0.4, 0.5) is 0 Å². The smallest absolute Gasteiger partial charge is 0.184 e. The molecule has 96 valence electrons. The molecule has 2 rings (SSSR count). The molecule has 0 aromatic heterocycles. The van der Waals surface area contributed by atoms with Crippen LogP contribution < -0.4 is 11.2 Å². The van der Waals surface area contributed by atoms with Crippen molar-refractivity contribution >= 4 is 23.0 Å². The highest BCUT2D eigenvalue weighted by molar-refractivity contribution is 7.80. The van der Waals surface area contributed by atoms with Crippen molar-refractivity contribution in [2.75, 3.05) is 13.1 Å². The monoisotopic (exact) mass is 262 g/mol. The lowest BCUT2D eigenvalue weighted by molar-refractivity contribution is 0.283. The van der Waals surface area contributed by atoms with Gasteiger partial charge in [-0.25, -0.2) is 0 Å². The van der Waals surface area contributed by atoms with Gasteiger partial charge >= 0.3 is 0 Å². The van der Waals surface area contributed by atoms with Crippen molar-refractivity contribution in [1.82, 2.24) is 10.3 Å². The third-order valence-electron chi connectivity index (χ3n) is 2.92. The van der Waals surface area contributed by atoms with Gasteiger partial charge in [0.25, 0.3) is 0 Å². The van der Waals surface area contributed by atoms with Gasteiger partial charge in [0.2, 0.25) is 0 Å². The fourth-order valence-electron chi connectivity index (χ4n) is 2.12. The molecule has 0 saturated carbocycles. The first-order valence-electron chi connectivity index (χ1n) is 6.11. The zero-order chi connectivity index (χ0) is 12.8. The summed E-state index contributed by atoms with van der Waals surface area (Å²) in [5.74, 6) is 0. The van der Waals surface area contributed by atoms with E-state index in [-0.39, 0.29) is 5.11 Å². The predicted molar refractivity (Wildman–Crippen MR) is 78.3 cm³/mol. The summed E-state index contributed by atoms with van der Waals surface area (Å²) in [6.07, 6.45) is 2.14. The van der Waals surface area contributed by atoms with Crippen LogP contribution in [0, 0.1) is 0 Å². The van der Waals surface area contributed by atoms with Gasteiger partial charge in [0.05, 0.1) is 5.71 Å². The molecule has 1 fully saturated rings. The van der Waals surface area contributed by atoms with Crippen LogP contribution in [-0.2, 0) is 6.54 Å². The van der Waals surface area contributed by atoms with Crippen LogP contribution in [0.2, 0.25) is 0 Å². The molecule has 0 spiro atoms. The standard InChI is InChI=1S/C13H18N4S/c14-13(18)16-15-12-7-4-8-17(10-12)9-11-5-2-1-3-6-11/h1-3,5-6H,4,7-10H2,(H3,14,16,18). The van der Waals surface area contributed by atoms with E-state index < -0.39 is 0 Å². The van der Waals surface area contributed by atoms with Crippen LogP contribution in [0.3, 0.4) is 0 Å². The van der Waals surface area contributed by atoms with Gasteiger partial charge in [-0.2, -0.15) is 5.10 Å². The van der Waals surface area contributed by atoms with Crippen LogP contribution in [-0.4, -0.2) is 28.8 Å². The lowest BCUT2D eigenvalue weighted by Crippen LogP contribution is -2.37. The number of nitrogens with two attached hydrogens (primary N) is 1. The summed E-state index contributed by atoms with van der Waals surface area (Å²) in [5, 5.41) is 4.46. The van der Waals surface area contributed by atoms with E-state index in [0.717, 1.165) is 38.2 Å². The molecule has 0 aliphatic carbocycles. The van der Waals surface area contributed by atoms with Gasteiger partial charge in [0, 0.05) is 13.1 Å². The largest absolute Gasteiger partial charge is 0.375 e. The molecule has 1 aromatic carbocycles. The molecule has 5 heteroatoms. The van der Waals surface area contributed by atoms with E-state index in [1.165, 1.54) is 5.56 Å². The minimum absolute atomic E-state index is 0.225. The first-order chi connectivity index (χ1) is 8.74. The van der Waals surface area contributed by atoms with Crippen molar-refractivity contribution in [2.45, 2.75) is 19.4 Å². The number of hydrogen-bond acceptors (Lipinski definition) is 3. The van der Waals surface area contributed by atoms with E-state index in [1.807, 2.05) is 6.07 Å². The summed E-state index contributed by atoms with van der Waals surface area (Å²) in [5.41, 5.74) is 10.5. The fraction of sp³-hybridized carbons (Fsp3) is 0.385. The summed E-state index contributed by atoms with van der Waals surface area (Å²) in [6, 6.07) is 10.5. The van der Waals surface area contributed by atoms with E-state index >= 15 is 0 Å². The van der Waals surface area contributed by atoms with Crippen molar-refractivity contribution in [1.29, 1.82) is 0 Å². The number of nitrogens with one attached hydrogen (secondary N) is 1. The van der Waals surface area contributed by atoms with Crippen molar-refractivity contribution < 1.29 is 0 Å². The van der Waals surface area contributed by atoms with Gasteiger partial charge in [-0.1, -0.05) is 30.3 Å². The first kappa shape index (κ1) is 13.0. The number of nitrogens with zero attached hydrogens (tertiary/aromatic N) is 2. The van der Waals surface area contributed by atoms with E-state index in [4.69, 9.17) is 18.0 Å². The van der Waals surface area contributed by atoms with E-state index in [9.17, 15) is 0 Å². The Morgan fingerprint density at radius 2 is 2.17 bits per heavy atom. The quantitative estimate of drug-likeness (QED) is 0.640. The molecule has 18 heavy (non-hydrogen) atoms. The lowest BCUT2D eigenvalue weighted by Gasteiger charge is -2.27. The number of likely N-dealkylation sites (tertiary alicyclic amines) is 1. The Hall–Kier alpha value is -1.46. The predicted octanol–water partition coefficient (Wildman–Crippen LogP) is 1.47. The molecule has 0 unspecified atom stereocenters. The number of hydrazone groups is 1. The average molecular weight is 262 g/mol. The number of rotatable bonds is 3. The topological polar surface area (TPSA) is 53.6 Å². The van der Waals surface area contributed by atoms with Crippen LogP contribution in [0.1, 0.15) is 18.4 Å². The fourth-order valence-corrected chi connectivity index (χ4v) is 2.17. The van der Waals surface area contributed by atoms with Gasteiger partial charge in [0.1, 0.15) is 0 Å². The second kappa shape index (κ2) is 6.47. The molecule has 1 aliphatic heterocycles. The molecule has 1 aromatic rings. The second-order valence-electron chi connectivity index (χ2n) is 4.45. The highest BCUT2D eigenvalue weighted by Crippen LogP contribution is 2.11. The maximum absolute atomic E-state index is 5.37. The Labute approximate surface area is 113 Å². The second-order valence-corrected chi connectivity index (χ2v) is 4.89. The third kappa shape index (κ3) is 4.09. The van der Waals surface area contributed by atoms with Crippen LogP contribution >= 0.6 is 12.2 Å². The van der Waals surface area contributed by atoms with E-state index in [0.29, 0.717) is 0 Å². The maximum Gasteiger partial charge on any atom is 0.184 e. The number of hydrogen-bond donors (Lipinski definition) is 2. The Morgan fingerprint density at radius 1 is 1.39 bits per heavy atom. The summed E-state index contributed by atoms with van der Waals surface area (Å²) >= 11 is 4.74. The number of thiocarbonyl (C=S) groups is 1. The van der Waals surface area contributed by atoms with Gasteiger partial charge in [-0.05, 0) is 37.2 Å². The van der Waals surface area contributed by atoms with Gasteiger partial charge in [0.15, 0.2) is 5.11 Å². The Bertz CT molecular complexity index is 430. The molecule has 0 amide bonds. The molecular weight excluding hydrogens is 244 g/mol. The average Bonchev–Trinajstić information content (AvgIpc) is 2.38. The number of benzene rings is 1. The zero-order valence-electron chi connectivity index (χ0n) is 10.3. The van der Waals surface area contributed by atoms with Gasteiger partial charge in [-0.3, -0.25) is 10.3 Å².